The Morgan fingerprint density at radius 3 is 2.21 bits per heavy atom. The van der Waals surface area contributed by atoms with Gasteiger partial charge in [-0.15, -0.1) is 0 Å². The molecule has 6 nitrogen and oxygen atoms in total. The molecular weight excluding hydrogens is 381 g/mol. The van der Waals surface area contributed by atoms with Crippen molar-refractivity contribution < 1.29 is 17.3 Å². The summed E-state index contributed by atoms with van der Waals surface area (Å²) in [6.45, 7) is 7.98. The van der Waals surface area contributed by atoms with Crippen molar-refractivity contribution in [2.24, 2.45) is 0 Å². The van der Waals surface area contributed by atoms with E-state index < -0.39 is 21.9 Å². The van der Waals surface area contributed by atoms with Crippen LogP contribution in [-0.2, 0) is 15.4 Å². The van der Waals surface area contributed by atoms with Gasteiger partial charge in [0.25, 0.3) is 0 Å². The number of aromatic nitrogens is 2. The lowest BCUT2D eigenvalue weighted by atomic mass is 9.87. The van der Waals surface area contributed by atoms with Crippen LogP contribution in [0, 0.1) is 5.82 Å². The highest BCUT2D eigenvalue weighted by Gasteiger charge is 2.23. The molecule has 3 rings (SSSR count). The van der Waals surface area contributed by atoms with E-state index in [0.29, 0.717) is 5.82 Å². The van der Waals surface area contributed by atoms with Crippen LogP contribution in [-0.4, -0.2) is 18.6 Å². The molecule has 0 saturated heterocycles. The average Bonchev–Trinajstić information content (AvgIpc) is 3.11. The predicted molar refractivity (Wildman–Crippen MR) is 104 cm³/mol. The van der Waals surface area contributed by atoms with Crippen LogP contribution in [0.25, 0.3) is 11.4 Å². The Labute approximate surface area is 163 Å². The molecule has 0 aliphatic carbocycles. The summed E-state index contributed by atoms with van der Waals surface area (Å²) in [4.78, 5) is 4.26. The molecule has 0 saturated carbocycles. The van der Waals surface area contributed by atoms with E-state index in [4.69, 9.17) is 4.52 Å². The van der Waals surface area contributed by atoms with E-state index in [1.165, 1.54) is 17.7 Å². The summed E-state index contributed by atoms with van der Waals surface area (Å²) in [6, 6.07) is 11.6. The zero-order chi connectivity index (χ0) is 20.5. The molecule has 0 aliphatic rings. The molecule has 3 aromatic rings. The lowest BCUT2D eigenvalue weighted by Gasteiger charge is -2.18. The summed E-state index contributed by atoms with van der Waals surface area (Å²) in [5, 5.41) is 3.94. The fourth-order valence-electron chi connectivity index (χ4n) is 2.61. The number of benzene rings is 2. The Hall–Kier alpha value is -2.58. The molecule has 148 valence electrons. The van der Waals surface area contributed by atoms with Crippen molar-refractivity contribution >= 4 is 10.0 Å². The summed E-state index contributed by atoms with van der Waals surface area (Å²) in [5.74, 6) is 0.00916. The number of halogens is 1. The summed E-state index contributed by atoms with van der Waals surface area (Å²) in [6.07, 6.45) is 0. The Balaban J connectivity index is 1.77. The van der Waals surface area contributed by atoms with Crippen LogP contribution >= 0.6 is 0 Å². The van der Waals surface area contributed by atoms with Gasteiger partial charge in [0.2, 0.25) is 21.7 Å². The van der Waals surface area contributed by atoms with E-state index in [9.17, 15) is 12.8 Å². The second-order valence-corrected chi connectivity index (χ2v) is 9.29. The highest BCUT2D eigenvalue weighted by Crippen LogP contribution is 2.26. The van der Waals surface area contributed by atoms with Gasteiger partial charge in [0.05, 0.1) is 10.9 Å². The second-order valence-electron chi connectivity index (χ2n) is 7.58. The lowest BCUT2D eigenvalue weighted by Crippen LogP contribution is -2.27. The first-order chi connectivity index (χ1) is 13.1. The molecule has 1 unspecified atom stereocenters. The van der Waals surface area contributed by atoms with Gasteiger partial charge in [-0.3, -0.25) is 0 Å². The van der Waals surface area contributed by atoms with Crippen LogP contribution in [0.2, 0.25) is 0 Å². The van der Waals surface area contributed by atoms with Crippen LogP contribution in [0.15, 0.2) is 57.9 Å². The summed E-state index contributed by atoms with van der Waals surface area (Å²) in [5.41, 5.74) is 1.99. The van der Waals surface area contributed by atoms with Crippen molar-refractivity contribution in [3.63, 3.8) is 0 Å². The minimum atomic E-state index is -3.85. The SMILES string of the molecule is CC(NS(=O)(=O)c1ccc(F)cc1)c1nc(-c2ccc(C(C)(C)C)cc2)no1. The predicted octanol–water partition coefficient (Wildman–Crippen LogP) is 4.21. The Morgan fingerprint density at radius 2 is 1.64 bits per heavy atom. The quantitative estimate of drug-likeness (QED) is 0.690. The van der Waals surface area contributed by atoms with Gasteiger partial charge in [-0.05, 0) is 42.2 Å². The van der Waals surface area contributed by atoms with Gasteiger partial charge in [0.15, 0.2) is 0 Å². The Morgan fingerprint density at radius 1 is 1.04 bits per heavy atom. The van der Waals surface area contributed by atoms with Crippen LogP contribution in [0.3, 0.4) is 0 Å². The van der Waals surface area contributed by atoms with E-state index in [0.717, 1.165) is 17.7 Å². The summed E-state index contributed by atoms with van der Waals surface area (Å²) >= 11 is 0. The molecule has 1 aromatic heterocycles. The molecule has 28 heavy (non-hydrogen) atoms. The molecule has 1 atom stereocenters. The highest BCUT2D eigenvalue weighted by atomic mass is 32.2. The maximum absolute atomic E-state index is 13.0. The van der Waals surface area contributed by atoms with Crippen LogP contribution in [0.1, 0.15) is 45.2 Å². The van der Waals surface area contributed by atoms with Gasteiger partial charge < -0.3 is 4.52 Å². The van der Waals surface area contributed by atoms with Crippen molar-refractivity contribution in [3.05, 3.63) is 65.8 Å². The van der Waals surface area contributed by atoms with Crippen molar-refractivity contribution in [1.29, 1.82) is 0 Å². The normalized spacial score (nSPS) is 13.5. The third-order valence-electron chi connectivity index (χ3n) is 4.28. The third-order valence-corrected chi connectivity index (χ3v) is 5.83. The first-order valence-electron chi connectivity index (χ1n) is 8.79. The second kappa shape index (κ2) is 7.44. The molecule has 1 N–H and O–H groups in total. The maximum Gasteiger partial charge on any atom is 0.244 e. The van der Waals surface area contributed by atoms with Crippen LogP contribution in [0.4, 0.5) is 4.39 Å². The molecule has 0 bridgehead atoms. The molecule has 0 spiro atoms. The van der Waals surface area contributed by atoms with E-state index in [-0.39, 0.29) is 16.2 Å². The standard InChI is InChI=1S/C20H22FN3O3S/c1-13(24-28(25,26)17-11-9-16(21)10-12-17)19-22-18(23-27-19)14-5-7-15(8-6-14)20(2,3)4/h5-13,24H,1-4H3. The number of hydrogen-bond acceptors (Lipinski definition) is 5. The van der Waals surface area contributed by atoms with Crippen molar-refractivity contribution in [1.82, 2.24) is 14.9 Å². The van der Waals surface area contributed by atoms with Gasteiger partial charge >= 0.3 is 0 Å². The number of rotatable bonds is 5. The van der Waals surface area contributed by atoms with E-state index >= 15 is 0 Å². The van der Waals surface area contributed by atoms with Gasteiger partial charge in [-0.2, -0.15) is 9.71 Å². The molecule has 0 aliphatic heterocycles. The third kappa shape index (κ3) is 4.45. The summed E-state index contributed by atoms with van der Waals surface area (Å²) in [7, 11) is -3.85. The molecular formula is C20H22FN3O3S. The molecule has 0 fully saturated rings. The zero-order valence-corrected chi connectivity index (χ0v) is 16.9. The molecule has 2 aromatic carbocycles. The molecule has 1 heterocycles. The average molecular weight is 403 g/mol. The molecule has 8 heteroatoms. The topological polar surface area (TPSA) is 85.1 Å². The Kier molecular flexibility index (Phi) is 5.36. The molecule has 0 radical (unpaired) electrons. The lowest BCUT2D eigenvalue weighted by molar-refractivity contribution is 0.354. The van der Waals surface area contributed by atoms with Gasteiger partial charge in [-0.1, -0.05) is 50.2 Å². The van der Waals surface area contributed by atoms with E-state index in [1.54, 1.807) is 6.92 Å². The maximum atomic E-state index is 13.0. The van der Waals surface area contributed by atoms with Crippen molar-refractivity contribution in [2.45, 2.75) is 44.0 Å². The van der Waals surface area contributed by atoms with Crippen LogP contribution in [0.5, 0.6) is 0 Å². The fraction of sp³-hybridized carbons (Fsp3) is 0.300. The van der Waals surface area contributed by atoms with E-state index in [2.05, 4.69) is 35.6 Å². The van der Waals surface area contributed by atoms with Gasteiger partial charge in [0.1, 0.15) is 5.82 Å². The minimum absolute atomic E-state index is 0.0358. The van der Waals surface area contributed by atoms with Crippen molar-refractivity contribution in [2.75, 3.05) is 0 Å². The minimum Gasteiger partial charge on any atom is -0.337 e. The highest BCUT2D eigenvalue weighted by molar-refractivity contribution is 7.89. The first-order valence-corrected chi connectivity index (χ1v) is 10.3. The fourth-order valence-corrected chi connectivity index (χ4v) is 3.81. The Bertz CT molecular complexity index is 1050. The van der Waals surface area contributed by atoms with Crippen LogP contribution < -0.4 is 4.72 Å². The number of nitrogens with one attached hydrogen (secondary N) is 1. The molecule has 0 amide bonds. The zero-order valence-electron chi connectivity index (χ0n) is 16.1. The smallest absolute Gasteiger partial charge is 0.244 e. The van der Waals surface area contributed by atoms with Gasteiger partial charge in [-0.25, -0.2) is 12.8 Å². The number of hydrogen-bond donors (Lipinski definition) is 1. The largest absolute Gasteiger partial charge is 0.337 e. The first kappa shape index (κ1) is 20.2. The number of sulfonamides is 1. The number of nitrogens with zero attached hydrogens (tertiary/aromatic N) is 2. The monoisotopic (exact) mass is 403 g/mol. The van der Waals surface area contributed by atoms with E-state index in [1.807, 2.05) is 24.3 Å². The van der Waals surface area contributed by atoms with Gasteiger partial charge in [0, 0.05) is 5.56 Å². The summed E-state index contributed by atoms with van der Waals surface area (Å²) < 4.78 is 45.5. The van der Waals surface area contributed by atoms with Crippen molar-refractivity contribution in [3.8, 4) is 11.4 Å².